The number of aromatic nitrogens is 1. The van der Waals surface area contributed by atoms with Crippen LogP contribution in [0.15, 0.2) is 12.1 Å². The van der Waals surface area contributed by atoms with Crippen LogP contribution in [0, 0.1) is 12.8 Å². The lowest BCUT2D eigenvalue weighted by molar-refractivity contribution is 0.322. The summed E-state index contributed by atoms with van der Waals surface area (Å²) in [7, 11) is 2.18. The predicted octanol–water partition coefficient (Wildman–Crippen LogP) is 4.20. The summed E-state index contributed by atoms with van der Waals surface area (Å²) in [5.74, 6) is 0.737. The predicted molar refractivity (Wildman–Crippen MR) is 88.6 cm³/mol. The number of nitrogen functional groups attached to an aromatic ring is 1. The first-order chi connectivity index (χ1) is 9.56. The molecule has 2 unspecified atom stereocenters. The fourth-order valence-electron chi connectivity index (χ4n) is 3.45. The smallest absolute Gasteiger partial charge is 0.0907 e. The van der Waals surface area contributed by atoms with Crippen molar-refractivity contribution >= 4 is 32.9 Å². The number of rotatable bonds is 2. The second kappa shape index (κ2) is 5.24. The maximum Gasteiger partial charge on any atom is 0.0907 e. The van der Waals surface area contributed by atoms with Crippen molar-refractivity contribution in [2.45, 2.75) is 45.6 Å². The van der Waals surface area contributed by atoms with Crippen LogP contribution in [-0.4, -0.2) is 18.1 Å². The second-order valence-electron chi connectivity index (χ2n) is 6.05. The number of aryl methyl sites for hydroxylation is 1. The summed E-state index contributed by atoms with van der Waals surface area (Å²) >= 11 is 1.71. The second-order valence-corrected chi connectivity index (χ2v) is 7.29. The highest BCUT2D eigenvalue weighted by Gasteiger charge is 2.26. The summed E-state index contributed by atoms with van der Waals surface area (Å²) < 4.78 is 1.19. The molecule has 0 aliphatic heterocycles. The Bertz CT molecular complexity index is 619. The number of nitrogens with zero attached hydrogens (tertiary/aromatic N) is 2. The van der Waals surface area contributed by atoms with Gasteiger partial charge in [0.1, 0.15) is 0 Å². The summed E-state index contributed by atoms with van der Waals surface area (Å²) in [4.78, 5) is 6.98. The molecule has 2 N–H and O–H groups in total. The monoisotopic (exact) mass is 289 g/mol. The average Bonchev–Trinajstić information content (AvgIpc) is 2.76. The van der Waals surface area contributed by atoms with Crippen molar-refractivity contribution in [3.8, 4) is 0 Å². The van der Waals surface area contributed by atoms with E-state index in [4.69, 9.17) is 5.73 Å². The number of fused-ring (bicyclic) bond motifs is 1. The molecule has 0 spiro atoms. The molecule has 1 aliphatic rings. The molecule has 2 aromatic rings. The quantitative estimate of drug-likeness (QED) is 0.842. The SMILES string of the molecule is Cc1nc2cc(N(C)C3CCCCC3C)c(N)cc2s1. The van der Waals surface area contributed by atoms with Crippen molar-refractivity contribution in [1.82, 2.24) is 4.98 Å². The van der Waals surface area contributed by atoms with Gasteiger partial charge in [-0.25, -0.2) is 4.98 Å². The van der Waals surface area contributed by atoms with Crippen LogP contribution in [0.5, 0.6) is 0 Å². The van der Waals surface area contributed by atoms with E-state index in [0.717, 1.165) is 27.8 Å². The molecular formula is C16H23N3S. The lowest BCUT2D eigenvalue weighted by Gasteiger charge is -2.38. The average molecular weight is 289 g/mol. The first-order valence-electron chi connectivity index (χ1n) is 7.46. The highest BCUT2D eigenvalue weighted by Crippen LogP contribution is 2.36. The van der Waals surface area contributed by atoms with E-state index in [2.05, 4.69) is 36.0 Å². The Balaban J connectivity index is 1.97. The first kappa shape index (κ1) is 13.7. The fourth-order valence-corrected chi connectivity index (χ4v) is 4.31. The van der Waals surface area contributed by atoms with Gasteiger partial charge in [0.2, 0.25) is 0 Å². The van der Waals surface area contributed by atoms with Crippen molar-refractivity contribution in [3.05, 3.63) is 17.1 Å². The van der Waals surface area contributed by atoms with Crippen LogP contribution in [0.3, 0.4) is 0 Å². The van der Waals surface area contributed by atoms with Crippen molar-refractivity contribution in [1.29, 1.82) is 0 Å². The maximum atomic E-state index is 6.29. The van der Waals surface area contributed by atoms with Gasteiger partial charge in [0.05, 0.1) is 26.6 Å². The van der Waals surface area contributed by atoms with E-state index in [1.807, 2.05) is 6.92 Å². The van der Waals surface area contributed by atoms with Gasteiger partial charge < -0.3 is 10.6 Å². The third kappa shape index (κ3) is 2.37. The molecule has 0 bridgehead atoms. The number of benzene rings is 1. The van der Waals surface area contributed by atoms with Crippen LogP contribution < -0.4 is 10.6 Å². The van der Waals surface area contributed by atoms with Crippen LogP contribution >= 0.6 is 11.3 Å². The van der Waals surface area contributed by atoms with E-state index in [-0.39, 0.29) is 0 Å². The van der Waals surface area contributed by atoms with E-state index in [0.29, 0.717) is 6.04 Å². The number of hydrogen-bond acceptors (Lipinski definition) is 4. The molecule has 1 fully saturated rings. The number of thiazole rings is 1. The summed E-state index contributed by atoms with van der Waals surface area (Å²) in [5.41, 5.74) is 9.38. The minimum atomic E-state index is 0.600. The van der Waals surface area contributed by atoms with Gasteiger partial charge in [0.25, 0.3) is 0 Å². The zero-order valence-corrected chi connectivity index (χ0v) is 13.3. The third-order valence-electron chi connectivity index (χ3n) is 4.59. The van der Waals surface area contributed by atoms with Gasteiger partial charge >= 0.3 is 0 Å². The molecule has 1 aromatic heterocycles. The van der Waals surface area contributed by atoms with Crippen LogP contribution in [0.4, 0.5) is 11.4 Å². The molecular weight excluding hydrogens is 266 g/mol. The van der Waals surface area contributed by atoms with Gasteiger partial charge in [-0.3, -0.25) is 0 Å². The zero-order chi connectivity index (χ0) is 14.3. The van der Waals surface area contributed by atoms with Crippen molar-refractivity contribution in [3.63, 3.8) is 0 Å². The van der Waals surface area contributed by atoms with Crippen molar-refractivity contribution in [2.75, 3.05) is 17.7 Å². The lowest BCUT2D eigenvalue weighted by atomic mass is 9.85. The van der Waals surface area contributed by atoms with Gasteiger partial charge in [0, 0.05) is 13.1 Å². The molecule has 1 saturated carbocycles. The molecule has 4 heteroatoms. The first-order valence-corrected chi connectivity index (χ1v) is 8.27. The Morgan fingerprint density at radius 2 is 2.05 bits per heavy atom. The van der Waals surface area contributed by atoms with E-state index in [1.165, 1.54) is 30.4 Å². The highest BCUT2D eigenvalue weighted by molar-refractivity contribution is 7.18. The Hall–Kier alpha value is -1.29. The molecule has 1 aromatic carbocycles. The molecule has 0 amide bonds. The van der Waals surface area contributed by atoms with Crippen LogP contribution in [-0.2, 0) is 0 Å². The molecule has 20 heavy (non-hydrogen) atoms. The van der Waals surface area contributed by atoms with Gasteiger partial charge in [-0.2, -0.15) is 0 Å². The van der Waals surface area contributed by atoms with E-state index >= 15 is 0 Å². The summed E-state index contributed by atoms with van der Waals surface area (Å²) in [6.45, 7) is 4.41. The van der Waals surface area contributed by atoms with Gasteiger partial charge in [0.15, 0.2) is 0 Å². The van der Waals surface area contributed by atoms with Crippen molar-refractivity contribution in [2.24, 2.45) is 5.92 Å². The van der Waals surface area contributed by atoms with Crippen molar-refractivity contribution < 1.29 is 0 Å². The van der Waals surface area contributed by atoms with Crippen LogP contribution in [0.2, 0.25) is 0 Å². The summed E-state index contributed by atoms with van der Waals surface area (Å²) in [5, 5.41) is 1.10. The van der Waals surface area contributed by atoms with Crippen LogP contribution in [0.1, 0.15) is 37.6 Å². The Morgan fingerprint density at radius 1 is 1.30 bits per heavy atom. The molecule has 0 saturated heterocycles. The van der Waals surface area contributed by atoms with E-state index < -0.39 is 0 Å². The van der Waals surface area contributed by atoms with Crippen LogP contribution in [0.25, 0.3) is 10.2 Å². The Kier molecular flexibility index (Phi) is 3.59. The minimum absolute atomic E-state index is 0.600. The third-order valence-corrected chi connectivity index (χ3v) is 5.52. The molecule has 108 valence electrons. The molecule has 1 heterocycles. The van der Waals surface area contributed by atoms with E-state index in [1.54, 1.807) is 11.3 Å². The van der Waals surface area contributed by atoms with Gasteiger partial charge in [-0.05, 0) is 37.8 Å². The lowest BCUT2D eigenvalue weighted by Crippen LogP contribution is -2.39. The minimum Gasteiger partial charge on any atom is -0.397 e. The molecule has 3 nitrogen and oxygen atoms in total. The molecule has 0 radical (unpaired) electrons. The highest BCUT2D eigenvalue weighted by atomic mass is 32.1. The normalized spacial score (nSPS) is 23.1. The number of nitrogens with two attached hydrogens (primary N) is 1. The molecule has 2 atom stereocenters. The summed E-state index contributed by atoms with van der Waals surface area (Å²) in [6, 6.07) is 4.85. The zero-order valence-electron chi connectivity index (χ0n) is 12.5. The largest absolute Gasteiger partial charge is 0.397 e. The topological polar surface area (TPSA) is 42.2 Å². The Labute approximate surface area is 124 Å². The summed E-state index contributed by atoms with van der Waals surface area (Å²) in [6.07, 6.45) is 5.29. The van der Waals surface area contributed by atoms with Gasteiger partial charge in [-0.15, -0.1) is 11.3 Å². The maximum absolute atomic E-state index is 6.29. The van der Waals surface area contributed by atoms with E-state index in [9.17, 15) is 0 Å². The number of anilines is 2. The fraction of sp³-hybridized carbons (Fsp3) is 0.562. The Morgan fingerprint density at radius 3 is 2.80 bits per heavy atom. The standard InChI is InChI=1S/C16H23N3S/c1-10-6-4-5-7-14(10)19(3)15-9-13-16(8-12(15)17)20-11(2)18-13/h8-10,14H,4-7,17H2,1-3H3. The van der Waals surface area contributed by atoms with Gasteiger partial charge in [-0.1, -0.05) is 19.8 Å². The number of hydrogen-bond donors (Lipinski definition) is 1. The molecule has 3 rings (SSSR count). The molecule has 1 aliphatic carbocycles.